The molecular formula is C26H31F3N2O. The van der Waals surface area contributed by atoms with E-state index in [1.807, 2.05) is 37.4 Å². The van der Waals surface area contributed by atoms with Gasteiger partial charge in [-0.15, -0.1) is 0 Å². The Kier molecular flexibility index (Phi) is 6.61. The molecule has 32 heavy (non-hydrogen) atoms. The molecule has 3 nitrogen and oxygen atoms in total. The summed E-state index contributed by atoms with van der Waals surface area (Å²) >= 11 is 0. The molecule has 0 radical (unpaired) electrons. The van der Waals surface area contributed by atoms with Gasteiger partial charge in [0.15, 0.2) is 0 Å². The van der Waals surface area contributed by atoms with Crippen LogP contribution in [-0.4, -0.2) is 30.9 Å². The van der Waals surface area contributed by atoms with Gasteiger partial charge >= 0.3 is 6.18 Å². The van der Waals surface area contributed by atoms with Gasteiger partial charge in [-0.05, 0) is 74.5 Å². The summed E-state index contributed by atoms with van der Waals surface area (Å²) in [6.07, 6.45) is 2.04. The van der Waals surface area contributed by atoms with E-state index in [2.05, 4.69) is 10.2 Å². The predicted octanol–water partition coefficient (Wildman–Crippen LogP) is 6.10. The third-order valence-electron chi connectivity index (χ3n) is 7.03. The topological polar surface area (TPSA) is 32.3 Å². The van der Waals surface area contributed by atoms with Crippen molar-refractivity contribution in [3.05, 3.63) is 70.8 Å². The Morgan fingerprint density at radius 3 is 2.41 bits per heavy atom. The van der Waals surface area contributed by atoms with E-state index in [1.165, 1.54) is 12.1 Å². The third-order valence-corrected chi connectivity index (χ3v) is 7.03. The van der Waals surface area contributed by atoms with Gasteiger partial charge < -0.3 is 10.2 Å². The maximum absolute atomic E-state index is 13.6. The average Bonchev–Trinajstić information content (AvgIpc) is 2.79. The minimum Gasteiger partial charge on any atom is -0.341 e. The molecule has 1 saturated carbocycles. The highest BCUT2D eigenvalue weighted by atomic mass is 19.4. The molecule has 0 bridgehead atoms. The number of likely N-dealkylation sites (N-methyl/N-ethyl adjacent to an activating group) is 1. The minimum atomic E-state index is -4.42. The van der Waals surface area contributed by atoms with E-state index < -0.39 is 17.3 Å². The molecule has 2 aromatic rings. The van der Waals surface area contributed by atoms with Crippen molar-refractivity contribution in [2.24, 2.45) is 0 Å². The Hall–Kier alpha value is -2.34. The van der Waals surface area contributed by atoms with E-state index in [1.54, 1.807) is 0 Å². The molecule has 4 rings (SSSR count). The lowest BCUT2D eigenvalue weighted by Gasteiger charge is -2.43. The van der Waals surface area contributed by atoms with Crippen LogP contribution in [0.4, 0.5) is 13.2 Å². The zero-order valence-corrected chi connectivity index (χ0v) is 18.5. The number of hydrogen-bond donors (Lipinski definition) is 1. The quantitative estimate of drug-likeness (QED) is 0.618. The van der Waals surface area contributed by atoms with Crippen LogP contribution in [0, 0.1) is 0 Å². The average molecular weight is 445 g/mol. The molecule has 6 heteroatoms. The molecule has 1 atom stereocenters. The first-order valence-corrected chi connectivity index (χ1v) is 11.6. The van der Waals surface area contributed by atoms with Crippen LogP contribution in [0.25, 0.3) is 0 Å². The molecule has 1 N–H and O–H groups in total. The van der Waals surface area contributed by atoms with E-state index >= 15 is 0 Å². The molecule has 0 spiro atoms. The number of benzene rings is 2. The van der Waals surface area contributed by atoms with Crippen LogP contribution in [0.15, 0.2) is 48.5 Å². The van der Waals surface area contributed by atoms with Crippen molar-refractivity contribution in [2.75, 3.05) is 20.1 Å². The fourth-order valence-electron chi connectivity index (χ4n) is 5.42. The summed E-state index contributed by atoms with van der Waals surface area (Å²) in [5, 5.41) is 3.27. The van der Waals surface area contributed by atoms with Crippen LogP contribution in [0.2, 0.25) is 0 Å². The lowest BCUT2D eigenvalue weighted by molar-refractivity contribution is -0.137. The maximum Gasteiger partial charge on any atom is 0.416 e. The molecular weight excluding hydrogens is 413 g/mol. The van der Waals surface area contributed by atoms with Gasteiger partial charge in [-0.2, -0.15) is 13.2 Å². The summed E-state index contributed by atoms with van der Waals surface area (Å²) in [5.41, 5.74) is 0.728. The summed E-state index contributed by atoms with van der Waals surface area (Å²) in [7, 11) is 2.04. The van der Waals surface area contributed by atoms with Crippen molar-refractivity contribution in [3.8, 4) is 0 Å². The van der Waals surface area contributed by atoms with E-state index in [0.717, 1.165) is 63.1 Å². The van der Waals surface area contributed by atoms with Crippen LogP contribution in [-0.2, 0) is 11.7 Å². The second kappa shape index (κ2) is 9.26. The van der Waals surface area contributed by atoms with Gasteiger partial charge in [0, 0.05) is 12.1 Å². The van der Waals surface area contributed by atoms with Crippen LogP contribution >= 0.6 is 0 Å². The number of hydrogen-bond acceptors (Lipinski definition) is 2. The number of likely N-dealkylation sites (tertiary alicyclic amines) is 1. The summed E-state index contributed by atoms with van der Waals surface area (Å²) < 4.78 is 40.4. The van der Waals surface area contributed by atoms with Gasteiger partial charge in [0.05, 0.1) is 11.1 Å². The summed E-state index contributed by atoms with van der Waals surface area (Å²) in [5.74, 6) is -0.285. The molecule has 172 valence electrons. The van der Waals surface area contributed by atoms with Crippen molar-refractivity contribution in [1.82, 2.24) is 10.2 Å². The highest BCUT2D eigenvalue weighted by Crippen LogP contribution is 2.39. The first kappa shape index (κ1) is 22.8. The number of alkyl halides is 3. The van der Waals surface area contributed by atoms with Crippen LogP contribution < -0.4 is 5.32 Å². The zero-order chi connectivity index (χ0) is 22.8. The third kappa shape index (κ3) is 4.85. The second-order valence-electron chi connectivity index (χ2n) is 9.38. The maximum atomic E-state index is 13.6. The molecule has 1 unspecified atom stereocenters. The minimum absolute atomic E-state index is 0.00601. The van der Waals surface area contributed by atoms with Crippen molar-refractivity contribution in [1.29, 1.82) is 0 Å². The summed E-state index contributed by atoms with van der Waals surface area (Å²) in [6.45, 7) is 1.63. The van der Waals surface area contributed by atoms with Gasteiger partial charge in [0.1, 0.15) is 0 Å². The molecule has 1 aliphatic carbocycles. The van der Waals surface area contributed by atoms with Gasteiger partial charge in [-0.3, -0.25) is 4.79 Å². The van der Waals surface area contributed by atoms with Crippen molar-refractivity contribution in [3.63, 3.8) is 0 Å². The fraction of sp³-hybridized carbons (Fsp3) is 0.500. The smallest absolute Gasteiger partial charge is 0.341 e. The first-order chi connectivity index (χ1) is 15.3. The number of nitrogens with zero attached hydrogens (tertiary/aromatic N) is 1. The summed E-state index contributed by atoms with van der Waals surface area (Å²) in [4.78, 5) is 15.8. The molecule has 2 fully saturated rings. The number of piperidine rings is 1. The largest absolute Gasteiger partial charge is 0.416 e. The lowest BCUT2D eigenvalue weighted by Crippen LogP contribution is -2.55. The number of halogens is 3. The van der Waals surface area contributed by atoms with Crippen molar-refractivity contribution in [2.45, 2.75) is 62.6 Å². The Morgan fingerprint density at radius 1 is 1.03 bits per heavy atom. The Balaban J connectivity index is 1.71. The van der Waals surface area contributed by atoms with Crippen LogP contribution in [0.1, 0.15) is 77.9 Å². The van der Waals surface area contributed by atoms with Gasteiger partial charge in [-0.1, -0.05) is 49.6 Å². The number of nitrogens with one attached hydrogen (secondary N) is 1. The molecule has 1 aliphatic heterocycles. The molecule has 1 amide bonds. The second-order valence-corrected chi connectivity index (χ2v) is 9.38. The van der Waals surface area contributed by atoms with Crippen LogP contribution in [0.5, 0.6) is 0 Å². The highest BCUT2D eigenvalue weighted by molar-refractivity contribution is 5.96. The van der Waals surface area contributed by atoms with E-state index in [0.29, 0.717) is 17.7 Å². The first-order valence-electron chi connectivity index (χ1n) is 11.6. The standard InChI is InChI=1S/C26H31F3N2O/c1-31-16-8-15-25(18-31,20-11-6-3-7-12-20)30-24(32)22-14-13-21(26(27,28)29)17-23(22)19-9-4-2-5-10-19/h3,6-7,11-14,17,19H,2,4-5,8-10,15-16,18H2,1H3,(H,30,32). The van der Waals surface area contributed by atoms with E-state index in [4.69, 9.17) is 0 Å². The van der Waals surface area contributed by atoms with Crippen molar-refractivity contribution >= 4 is 5.91 Å². The molecule has 2 aromatic carbocycles. The normalized spacial score (nSPS) is 23.1. The lowest BCUT2D eigenvalue weighted by atomic mass is 9.80. The number of carbonyl (C=O) groups is 1. The zero-order valence-electron chi connectivity index (χ0n) is 18.5. The predicted molar refractivity (Wildman–Crippen MR) is 120 cm³/mol. The number of carbonyl (C=O) groups excluding carboxylic acids is 1. The fourth-order valence-corrected chi connectivity index (χ4v) is 5.42. The van der Waals surface area contributed by atoms with Gasteiger partial charge in [0.2, 0.25) is 0 Å². The molecule has 1 saturated heterocycles. The van der Waals surface area contributed by atoms with Crippen LogP contribution in [0.3, 0.4) is 0 Å². The summed E-state index contributed by atoms with van der Waals surface area (Å²) in [6, 6.07) is 13.6. The Bertz CT molecular complexity index is 938. The molecule has 0 aromatic heterocycles. The van der Waals surface area contributed by atoms with E-state index in [9.17, 15) is 18.0 Å². The molecule has 1 heterocycles. The Labute approximate surface area is 188 Å². The van der Waals surface area contributed by atoms with E-state index in [-0.39, 0.29) is 11.8 Å². The monoisotopic (exact) mass is 444 g/mol. The Morgan fingerprint density at radius 2 is 1.75 bits per heavy atom. The number of amides is 1. The van der Waals surface area contributed by atoms with Gasteiger partial charge in [0.25, 0.3) is 5.91 Å². The number of rotatable bonds is 4. The SMILES string of the molecule is CN1CCCC(NC(=O)c2ccc(C(F)(F)F)cc2C2CCCCC2)(c2ccccc2)C1. The van der Waals surface area contributed by atoms with Crippen molar-refractivity contribution < 1.29 is 18.0 Å². The molecule has 2 aliphatic rings. The van der Waals surface area contributed by atoms with Gasteiger partial charge in [-0.25, -0.2) is 0 Å². The highest BCUT2D eigenvalue weighted by Gasteiger charge is 2.39.